The van der Waals surface area contributed by atoms with Crippen molar-refractivity contribution in [2.45, 2.75) is 13.8 Å². The number of benzene rings is 2. The minimum atomic E-state index is 0.0502. The number of piperazine rings is 1. The third-order valence-corrected chi connectivity index (χ3v) is 6.69. The molecule has 1 amide bonds. The molecule has 0 saturated carbocycles. The van der Waals surface area contributed by atoms with Gasteiger partial charge in [0.1, 0.15) is 0 Å². The highest BCUT2D eigenvalue weighted by Gasteiger charge is 2.26. The average Bonchev–Trinajstić information content (AvgIpc) is 3.37. The lowest BCUT2D eigenvalue weighted by Gasteiger charge is -2.34. The standard InChI is InChI=1S/C23H23N5OS/c1-16-8-9-20-21(14-16)30-23(25-20)27-12-10-26(11-13-27)22(29)19-15-24-28(17(19)2)18-6-4-3-5-7-18/h3-9,14-15H,10-13H2,1-2H3. The van der Waals surface area contributed by atoms with Crippen molar-refractivity contribution < 1.29 is 4.79 Å². The van der Waals surface area contributed by atoms with Gasteiger partial charge in [0.25, 0.3) is 5.91 Å². The highest BCUT2D eigenvalue weighted by atomic mass is 32.1. The first kappa shape index (κ1) is 18.8. The van der Waals surface area contributed by atoms with Crippen LogP contribution in [0.25, 0.3) is 15.9 Å². The van der Waals surface area contributed by atoms with Crippen molar-refractivity contribution in [1.29, 1.82) is 0 Å². The summed E-state index contributed by atoms with van der Waals surface area (Å²) >= 11 is 1.73. The molecule has 1 aliphatic rings. The molecule has 152 valence electrons. The number of anilines is 1. The van der Waals surface area contributed by atoms with E-state index in [1.165, 1.54) is 10.3 Å². The molecule has 0 aliphatic carbocycles. The lowest BCUT2D eigenvalue weighted by molar-refractivity contribution is 0.0746. The van der Waals surface area contributed by atoms with E-state index < -0.39 is 0 Å². The first-order valence-electron chi connectivity index (χ1n) is 10.1. The van der Waals surface area contributed by atoms with Crippen LogP contribution in [0, 0.1) is 13.8 Å². The van der Waals surface area contributed by atoms with Crippen LogP contribution in [0.2, 0.25) is 0 Å². The van der Waals surface area contributed by atoms with E-state index >= 15 is 0 Å². The zero-order valence-corrected chi connectivity index (χ0v) is 17.9. The fourth-order valence-corrected chi connectivity index (χ4v) is 4.99. The predicted molar refractivity (Wildman–Crippen MR) is 121 cm³/mol. The molecule has 1 saturated heterocycles. The van der Waals surface area contributed by atoms with E-state index in [4.69, 9.17) is 4.98 Å². The van der Waals surface area contributed by atoms with Crippen molar-refractivity contribution >= 4 is 32.6 Å². The Morgan fingerprint density at radius 3 is 2.53 bits per heavy atom. The Kier molecular flexibility index (Phi) is 4.75. The van der Waals surface area contributed by atoms with Crippen LogP contribution in [0.1, 0.15) is 21.6 Å². The number of carbonyl (C=O) groups excluding carboxylic acids is 1. The van der Waals surface area contributed by atoms with Crippen LogP contribution in [0.3, 0.4) is 0 Å². The van der Waals surface area contributed by atoms with E-state index in [1.54, 1.807) is 17.5 Å². The Morgan fingerprint density at radius 1 is 1.00 bits per heavy atom. The fraction of sp³-hybridized carbons (Fsp3) is 0.261. The lowest BCUT2D eigenvalue weighted by atomic mass is 10.2. The van der Waals surface area contributed by atoms with Gasteiger partial charge < -0.3 is 9.80 Å². The number of amides is 1. The summed E-state index contributed by atoms with van der Waals surface area (Å²) in [7, 11) is 0. The van der Waals surface area contributed by atoms with Gasteiger partial charge in [0, 0.05) is 26.2 Å². The van der Waals surface area contributed by atoms with Gasteiger partial charge in [-0.25, -0.2) is 9.67 Å². The van der Waals surface area contributed by atoms with Gasteiger partial charge in [0.2, 0.25) is 0 Å². The van der Waals surface area contributed by atoms with Gasteiger partial charge in [-0.3, -0.25) is 4.79 Å². The Balaban J connectivity index is 1.29. The smallest absolute Gasteiger partial charge is 0.257 e. The number of hydrogen-bond acceptors (Lipinski definition) is 5. The Morgan fingerprint density at radius 2 is 1.77 bits per heavy atom. The lowest BCUT2D eigenvalue weighted by Crippen LogP contribution is -2.48. The average molecular weight is 418 g/mol. The summed E-state index contributed by atoms with van der Waals surface area (Å²) in [4.78, 5) is 22.1. The zero-order valence-electron chi connectivity index (χ0n) is 17.1. The normalized spacial score (nSPS) is 14.5. The number of carbonyl (C=O) groups is 1. The molecule has 6 nitrogen and oxygen atoms in total. The van der Waals surface area contributed by atoms with Crippen LogP contribution in [0.4, 0.5) is 5.13 Å². The summed E-state index contributed by atoms with van der Waals surface area (Å²) < 4.78 is 3.04. The summed E-state index contributed by atoms with van der Waals surface area (Å²) in [5.41, 5.74) is 4.80. The number of fused-ring (bicyclic) bond motifs is 1. The number of thiazole rings is 1. The molecule has 30 heavy (non-hydrogen) atoms. The molecule has 7 heteroatoms. The van der Waals surface area contributed by atoms with Gasteiger partial charge in [-0.2, -0.15) is 5.10 Å². The largest absolute Gasteiger partial charge is 0.345 e. The molecule has 0 atom stereocenters. The Hall–Kier alpha value is -3.19. The maximum absolute atomic E-state index is 13.1. The van der Waals surface area contributed by atoms with E-state index in [0.717, 1.165) is 35.1 Å². The molecule has 0 unspecified atom stereocenters. The molecule has 2 aromatic heterocycles. The van der Waals surface area contributed by atoms with Gasteiger partial charge in [-0.1, -0.05) is 35.6 Å². The van der Waals surface area contributed by atoms with Crippen LogP contribution in [-0.2, 0) is 0 Å². The number of aryl methyl sites for hydroxylation is 1. The Bertz CT molecular complexity index is 1210. The molecular formula is C23H23N5OS. The van der Waals surface area contributed by atoms with E-state index in [1.807, 2.05) is 46.8 Å². The maximum atomic E-state index is 13.1. The van der Waals surface area contributed by atoms with Crippen LogP contribution in [0.5, 0.6) is 0 Å². The third kappa shape index (κ3) is 3.35. The predicted octanol–water partition coefficient (Wildman–Crippen LogP) is 4.06. The molecule has 0 N–H and O–H groups in total. The second kappa shape index (κ2) is 7.57. The third-order valence-electron chi connectivity index (χ3n) is 5.61. The van der Waals surface area contributed by atoms with Crippen LogP contribution in [0.15, 0.2) is 54.7 Å². The number of nitrogens with zero attached hydrogens (tertiary/aromatic N) is 5. The zero-order chi connectivity index (χ0) is 20.7. The number of aromatic nitrogens is 3. The van der Waals surface area contributed by atoms with Gasteiger partial charge in [-0.05, 0) is 43.7 Å². The van der Waals surface area contributed by atoms with Crippen LogP contribution >= 0.6 is 11.3 Å². The van der Waals surface area contributed by atoms with Crippen molar-refractivity contribution in [3.8, 4) is 5.69 Å². The molecule has 0 spiro atoms. The molecular weight excluding hydrogens is 394 g/mol. The molecule has 0 radical (unpaired) electrons. The minimum Gasteiger partial charge on any atom is -0.345 e. The van der Waals surface area contributed by atoms with Crippen LogP contribution < -0.4 is 4.90 Å². The summed E-state index contributed by atoms with van der Waals surface area (Å²) in [5, 5.41) is 5.48. The van der Waals surface area contributed by atoms with E-state index in [-0.39, 0.29) is 5.91 Å². The second-order valence-electron chi connectivity index (χ2n) is 7.64. The SMILES string of the molecule is Cc1ccc2nc(N3CCN(C(=O)c4cnn(-c5ccccc5)c4C)CC3)sc2c1. The van der Waals surface area contributed by atoms with E-state index in [0.29, 0.717) is 18.7 Å². The second-order valence-corrected chi connectivity index (χ2v) is 8.65. The van der Waals surface area contributed by atoms with Crippen molar-refractivity contribution in [1.82, 2.24) is 19.7 Å². The highest BCUT2D eigenvalue weighted by Crippen LogP contribution is 2.30. The molecule has 4 aromatic rings. The number of rotatable bonds is 3. The molecule has 1 aliphatic heterocycles. The molecule has 2 aromatic carbocycles. The van der Waals surface area contributed by atoms with Crippen molar-refractivity contribution in [3.05, 3.63) is 71.5 Å². The molecule has 3 heterocycles. The Labute approximate surface area is 179 Å². The number of hydrogen-bond donors (Lipinski definition) is 0. The quantitative estimate of drug-likeness (QED) is 0.504. The monoisotopic (exact) mass is 417 g/mol. The number of para-hydroxylation sites is 1. The molecule has 0 bridgehead atoms. The van der Waals surface area contributed by atoms with Crippen molar-refractivity contribution in [3.63, 3.8) is 0 Å². The van der Waals surface area contributed by atoms with E-state index in [2.05, 4.69) is 35.1 Å². The van der Waals surface area contributed by atoms with Crippen molar-refractivity contribution in [2.75, 3.05) is 31.1 Å². The highest BCUT2D eigenvalue weighted by molar-refractivity contribution is 7.22. The maximum Gasteiger partial charge on any atom is 0.257 e. The van der Waals surface area contributed by atoms with Gasteiger partial charge in [0.05, 0.1) is 33.4 Å². The first-order valence-corrected chi connectivity index (χ1v) is 10.9. The summed E-state index contributed by atoms with van der Waals surface area (Å²) in [6, 6.07) is 16.3. The summed E-state index contributed by atoms with van der Waals surface area (Å²) in [6.45, 7) is 7.00. The first-order chi connectivity index (χ1) is 14.6. The van der Waals surface area contributed by atoms with Crippen molar-refractivity contribution in [2.24, 2.45) is 0 Å². The fourth-order valence-electron chi connectivity index (χ4n) is 3.88. The molecule has 1 fully saturated rings. The van der Waals surface area contributed by atoms with Gasteiger partial charge in [0.15, 0.2) is 5.13 Å². The van der Waals surface area contributed by atoms with E-state index in [9.17, 15) is 4.79 Å². The molecule has 5 rings (SSSR count). The van der Waals surface area contributed by atoms with Gasteiger partial charge >= 0.3 is 0 Å². The van der Waals surface area contributed by atoms with Gasteiger partial charge in [-0.15, -0.1) is 0 Å². The minimum absolute atomic E-state index is 0.0502. The summed E-state index contributed by atoms with van der Waals surface area (Å²) in [5.74, 6) is 0.0502. The summed E-state index contributed by atoms with van der Waals surface area (Å²) in [6.07, 6.45) is 1.69. The van der Waals surface area contributed by atoms with Crippen LogP contribution in [-0.4, -0.2) is 51.8 Å². The topological polar surface area (TPSA) is 54.3 Å².